The topological polar surface area (TPSA) is 86.4 Å². The quantitative estimate of drug-likeness (QED) is 0.800. The van der Waals surface area contributed by atoms with Crippen LogP contribution in [0.25, 0.3) is 10.8 Å². The molecule has 5 rings (SSSR count). The SMILES string of the molecule is CC1=Nc2nc3c(c4c(C#N)c(N5CCCCC5)nc(c24)N1)CC(CCl)O3. The minimum Gasteiger partial charge on any atom is -0.472 e. The number of hydrogen-bond acceptors (Lipinski definition) is 7. The molecule has 0 spiro atoms. The van der Waals surface area contributed by atoms with Gasteiger partial charge < -0.3 is 15.0 Å². The number of halogens is 1. The van der Waals surface area contributed by atoms with E-state index in [0.717, 1.165) is 59.7 Å². The van der Waals surface area contributed by atoms with Crippen LogP contribution in [-0.2, 0) is 6.42 Å². The zero-order valence-corrected chi connectivity index (χ0v) is 15.8. The number of nitrogens with one attached hydrogen (secondary N) is 1. The van der Waals surface area contributed by atoms with E-state index in [2.05, 4.69) is 26.3 Å². The summed E-state index contributed by atoms with van der Waals surface area (Å²) < 4.78 is 5.91. The van der Waals surface area contributed by atoms with E-state index in [1.807, 2.05) is 6.92 Å². The molecule has 1 N–H and O–H groups in total. The smallest absolute Gasteiger partial charge is 0.219 e. The summed E-state index contributed by atoms with van der Waals surface area (Å²) >= 11 is 6.04. The maximum atomic E-state index is 10.1. The molecule has 27 heavy (non-hydrogen) atoms. The third-order valence-electron chi connectivity index (χ3n) is 5.39. The highest BCUT2D eigenvalue weighted by Gasteiger charge is 2.33. The highest BCUT2D eigenvalue weighted by molar-refractivity contribution is 6.18. The summed E-state index contributed by atoms with van der Waals surface area (Å²) in [7, 11) is 0. The average Bonchev–Trinajstić information content (AvgIpc) is 3.11. The fourth-order valence-corrected chi connectivity index (χ4v) is 4.36. The van der Waals surface area contributed by atoms with E-state index in [1.165, 1.54) is 6.42 Å². The van der Waals surface area contributed by atoms with Crippen molar-refractivity contribution in [2.24, 2.45) is 4.99 Å². The Labute approximate surface area is 162 Å². The first-order chi connectivity index (χ1) is 13.2. The summed E-state index contributed by atoms with van der Waals surface area (Å²) in [5.74, 6) is 3.67. The lowest BCUT2D eigenvalue weighted by atomic mass is 9.98. The van der Waals surface area contributed by atoms with Crippen molar-refractivity contribution in [3.63, 3.8) is 0 Å². The van der Waals surface area contributed by atoms with Crippen LogP contribution in [0.5, 0.6) is 5.88 Å². The van der Waals surface area contributed by atoms with Gasteiger partial charge in [0.05, 0.1) is 11.3 Å². The van der Waals surface area contributed by atoms with Crippen molar-refractivity contribution in [3.8, 4) is 11.9 Å². The molecule has 1 saturated heterocycles. The number of fused-ring (bicyclic) bond motifs is 2. The number of aliphatic imine (C=N–C) groups is 1. The lowest BCUT2D eigenvalue weighted by Crippen LogP contribution is -2.31. The van der Waals surface area contributed by atoms with Gasteiger partial charge in [0.25, 0.3) is 0 Å². The van der Waals surface area contributed by atoms with E-state index in [4.69, 9.17) is 21.3 Å². The Kier molecular flexibility index (Phi) is 3.83. The number of nitriles is 1. The van der Waals surface area contributed by atoms with E-state index < -0.39 is 0 Å². The van der Waals surface area contributed by atoms with E-state index in [-0.39, 0.29) is 6.10 Å². The fraction of sp³-hybridized carbons (Fsp3) is 0.474. The van der Waals surface area contributed by atoms with E-state index in [1.54, 1.807) is 0 Å². The highest BCUT2D eigenvalue weighted by atomic mass is 35.5. The maximum absolute atomic E-state index is 10.1. The summed E-state index contributed by atoms with van der Waals surface area (Å²) in [5, 5.41) is 15.0. The van der Waals surface area contributed by atoms with Gasteiger partial charge in [-0.15, -0.1) is 11.6 Å². The highest BCUT2D eigenvalue weighted by Crippen LogP contribution is 2.45. The second-order valence-corrected chi connectivity index (χ2v) is 7.52. The van der Waals surface area contributed by atoms with Crippen molar-refractivity contribution < 1.29 is 4.74 Å². The Hall–Kier alpha value is -2.59. The molecule has 1 unspecified atom stereocenters. The summed E-state index contributed by atoms with van der Waals surface area (Å²) in [4.78, 5) is 16.2. The number of rotatable bonds is 2. The lowest BCUT2D eigenvalue weighted by molar-refractivity contribution is 0.250. The first kappa shape index (κ1) is 16.6. The van der Waals surface area contributed by atoms with Crippen molar-refractivity contribution in [3.05, 3.63) is 11.1 Å². The molecule has 0 amide bonds. The van der Waals surface area contributed by atoms with Gasteiger partial charge in [-0.2, -0.15) is 10.2 Å². The number of piperidine rings is 1. The Bertz CT molecular complexity index is 1020. The Balaban J connectivity index is 1.83. The number of aromatic nitrogens is 2. The number of anilines is 2. The summed E-state index contributed by atoms with van der Waals surface area (Å²) in [6, 6.07) is 2.42. The van der Waals surface area contributed by atoms with Crippen LogP contribution in [0.3, 0.4) is 0 Å². The number of pyridine rings is 2. The van der Waals surface area contributed by atoms with E-state index in [0.29, 0.717) is 29.6 Å². The summed E-state index contributed by atoms with van der Waals surface area (Å²) in [6.45, 7) is 3.72. The predicted molar refractivity (Wildman–Crippen MR) is 106 cm³/mol. The van der Waals surface area contributed by atoms with Crippen LogP contribution in [0.1, 0.15) is 37.3 Å². The molecule has 3 aliphatic rings. The minimum atomic E-state index is -0.131. The van der Waals surface area contributed by atoms with Crippen molar-refractivity contribution in [2.45, 2.75) is 38.7 Å². The van der Waals surface area contributed by atoms with Crippen LogP contribution >= 0.6 is 11.6 Å². The predicted octanol–water partition coefficient (Wildman–Crippen LogP) is 3.51. The van der Waals surface area contributed by atoms with Gasteiger partial charge in [0.1, 0.15) is 35.2 Å². The number of nitrogens with zero attached hydrogens (tertiary/aromatic N) is 5. The van der Waals surface area contributed by atoms with Gasteiger partial charge in [0, 0.05) is 30.5 Å². The van der Waals surface area contributed by atoms with Gasteiger partial charge >= 0.3 is 0 Å². The second kappa shape index (κ2) is 6.24. The van der Waals surface area contributed by atoms with Crippen molar-refractivity contribution in [2.75, 3.05) is 29.2 Å². The van der Waals surface area contributed by atoms with Gasteiger partial charge in [-0.1, -0.05) is 0 Å². The normalized spacial score (nSPS) is 20.6. The molecule has 0 aliphatic carbocycles. The second-order valence-electron chi connectivity index (χ2n) is 7.21. The van der Waals surface area contributed by atoms with Crippen LogP contribution in [0, 0.1) is 11.3 Å². The van der Waals surface area contributed by atoms with Crippen molar-refractivity contribution >= 4 is 45.7 Å². The van der Waals surface area contributed by atoms with Crippen LogP contribution < -0.4 is 15.0 Å². The molecule has 0 bridgehead atoms. The van der Waals surface area contributed by atoms with E-state index in [9.17, 15) is 5.26 Å². The molecule has 1 atom stereocenters. The summed E-state index contributed by atoms with van der Waals surface area (Å²) in [5.41, 5.74) is 1.53. The molecule has 1 fully saturated rings. The molecule has 5 heterocycles. The molecule has 0 aromatic carbocycles. The molecule has 7 nitrogen and oxygen atoms in total. The molecule has 138 valence electrons. The molecular formula is C19H19ClN6O. The average molecular weight is 383 g/mol. The fourth-order valence-electron chi connectivity index (χ4n) is 4.19. The third kappa shape index (κ3) is 2.51. The van der Waals surface area contributed by atoms with Crippen LogP contribution in [0.15, 0.2) is 4.99 Å². The molecule has 0 radical (unpaired) electrons. The molecule has 8 heteroatoms. The molecule has 3 aliphatic heterocycles. The molecular weight excluding hydrogens is 364 g/mol. The summed E-state index contributed by atoms with van der Waals surface area (Å²) in [6.07, 6.45) is 3.96. The maximum Gasteiger partial charge on any atom is 0.219 e. The van der Waals surface area contributed by atoms with Crippen molar-refractivity contribution in [1.82, 2.24) is 9.97 Å². The van der Waals surface area contributed by atoms with Gasteiger partial charge in [-0.05, 0) is 26.2 Å². The first-order valence-electron chi connectivity index (χ1n) is 9.30. The molecule has 2 aromatic heterocycles. The molecule has 0 saturated carbocycles. The largest absolute Gasteiger partial charge is 0.472 e. The zero-order valence-electron chi connectivity index (χ0n) is 15.0. The number of alkyl halides is 1. The zero-order chi connectivity index (χ0) is 18.5. The standard InChI is InChI=1S/C19H19ClN6O/c1-10-22-16-15-14(12-7-11(8-20)27-19(12)25-17(15)23-10)13(9-21)18(24-16)26-5-3-2-4-6-26/h11H,2-8H2,1H3,(H,22,23,24,25). The number of hydrogen-bond donors (Lipinski definition) is 1. The van der Waals surface area contributed by atoms with Gasteiger partial charge in [0.15, 0.2) is 5.82 Å². The third-order valence-corrected chi connectivity index (χ3v) is 5.74. The van der Waals surface area contributed by atoms with Crippen molar-refractivity contribution in [1.29, 1.82) is 5.26 Å². The minimum absolute atomic E-state index is 0.131. The lowest BCUT2D eigenvalue weighted by Gasteiger charge is -2.30. The van der Waals surface area contributed by atoms with Gasteiger partial charge in [-0.25, -0.2) is 9.98 Å². The van der Waals surface area contributed by atoms with Gasteiger partial charge in [0.2, 0.25) is 5.88 Å². The Morgan fingerprint density at radius 3 is 2.81 bits per heavy atom. The Morgan fingerprint density at radius 2 is 2.07 bits per heavy atom. The van der Waals surface area contributed by atoms with Crippen LogP contribution in [-0.4, -0.2) is 40.9 Å². The van der Waals surface area contributed by atoms with Gasteiger partial charge in [-0.3, -0.25) is 0 Å². The Morgan fingerprint density at radius 1 is 1.26 bits per heavy atom. The first-order valence-corrected chi connectivity index (χ1v) is 9.83. The number of ether oxygens (including phenoxy) is 1. The number of amidine groups is 1. The van der Waals surface area contributed by atoms with Crippen LogP contribution in [0.4, 0.5) is 17.5 Å². The van der Waals surface area contributed by atoms with E-state index >= 15 is 0 Å². The molecule has 2 aromatic rings. The monoisotopic (exact) mass is 382 g/mol. The van der Waals surface area contributed by atoms with Crippen LogP contribution in [0.2, 0.25) is 0 Å².